The van der Waals surface area contributed by atoms with Crippen molar-refractivity contribution in [3.05, 3.63) is 20.8 Å². The van der Waals surface area contributed by atoms with Gasteiger partial charge in [0.25, 0.3) is 0 Å². The smallest absolute Gasteiger partial charge is 0.407 e. The maximum absolute atomic E-state index is 11.7. The van der Waals surface area contributed by atoms with E-state index in [0.717, 1.165) is 17.3 Å². The zero-order valence-corrected chi connectivity index (χ0v) is 15.3. The van der Waals surface area contributed by atoms with Crippen molar-refractivity contribution in [3.8, 4) is 0 Å². The lowest BCUT2D eigenvalue weighted by Crippen LogP contribution is -2.53. The van der Waals surface area contributed by atoms with Crippen LogP contribution in [0.2, 0.25) is 0 Å². The lowest BCUT2D eigenvalue weighted by molar-refractivity contribution is 0.0463. The normalized spacial score (nSPS) is 23.3. The number of rotatable bonds is 4. The fourth-order valence-electron chi connectivity index (χ4n) is 2.39. The third-order valence-corrected chi connectivity index (χ3v) is 5.44. The number of halogens is 1. The van der Waals surface area contributed by atoms with Crippen molar-refractivity contribution in [2.24, 2.45) is 0 Å². The number of carbonyl (C=O) groups is 1. The fourth-order valence-corrected chi connectivity index (χ4v) is 4.12. The molecule has 1 fully saturated rings. The molecule has 1 saturated carbocycles. The molecule has 1 aromatic heterocycles. The van der Waals surface area contributed by atoms with Crippen molar-refractivity contribution >= 4 is 33.4 Å². The predicted molar refractivity (Wildman–Crippen MR) is 89.7 cm³/mol. The Morgan fingerprint density at radius 1 is 1.43 bits per heavy atom. The molecule has 6 heteroatoms. The van der Waals surface area contributed by atoms with E-state index >= 15 is 0 Å². The van der Waals surface area contributed by atoms with E-state index in [0.29, 0.717) is 12.1 Å². The Morgan fingerprint density at radius 3 is 2.62 bits per heavy atom. The van der Waals surface area contributed by atoms with Crippen molar-refractivity contribution in [2.75, 3.05) is 0 Å². The Morgan fingerprint density at radius 2 is 2.10 bits per heavy atom. The third-order valence-electron chi connectivity index (χ3n) is 3.38. The van der Waals surface area contributed by atoms with E-state index in [9.17, 15) is 4.79 Å². The summed E-state index contributed by atoms with van der Waals surface area (Å²) >= 11 is 5.32. The topological polar surface area (TPSA) is 50.4 Å². The van der Waals surface area contributed by atoms with Crippen LogP contribution in [0.1, 0.15) is 51.5 Å². The van der Waals surface area contributed by atoms with Gasteiger partial charge in [0.2, 0.25) is 0 Å². The first kappa shape index (κ1) is 16.8. The Bertz CT molecular complexity index is 492. The van der Waals surface area contributed by atoms with Crippen LogP contribution in [0.3, 0.4) is 0 Å². The van der Waals surface area contributed by atoms with Gasteiger partial charge in [0.1, 0.15) is 5.60 Å². The first-order valence-electron chi connectivity index (χ1n) is 7.23. The lowest BCUT2D eigenvalue weighted by atomic mass is 9.86. The van der Waals surface area contributed by atoms with Gasteiger partial charge in [0.05, 0.1) is 0 Å². The fraction of sp³-hybridized carbons (Fsp3) is 0.667. The second kappa shape index (κ2) is 6.67. The molecular weight excluding hydrogens is 352 g/mol. The van der Waals surface area contributed by atoms with E-state index in [1.54, 1.807) is 11.3 Å². The first-order chi connectivity index (χ1) is 9.74. The zero-order valence-electron chi connectivity index (χ0n) is 12.9. The standard InChI is InChI=1S/C15H23BrN2O2S/c1-9(13-12(16)5-6-21-13)17-10-7-11(8-10)18-14(19)20-15(2,3)4/h5-6,9-11,17H,7-8H2,1-4H3,(H,18,19). The van der Waals surface area contributed by atoms with E-state index in [2.05, 4.69) is 44.9 Å². The van der Waals surface area contributed by atoms with Gasteiger partial charge in [0.15, 0.2) is 0 Å². The molecule has 1 atom stereocenters. The van der Waals surface area contributed by atoms with E-state index in [4.69, 9.17) is 4.74 Å². The maximum atomic E-state index is 11.7. The van der Waals surface area contributed by atoms with Crippen molar-refractivity contribution in [1.82, 2.24) is 10.6 Å². The predicted octanol–water partition coefficient (Wildman–Crippen LogP) is 4.22. The number of amides is 1. The minimum absolute atomic E-state index is 0.219. The SMILES string of the molecule is CC(NC1CC(NC(=O)OC(C)(C)C)C1)c1sccc1Br. The number of carbonyl (C=O) groups excluding carboxylic acids is 1. The average molecular weight is 375 g/mol. The molecule has 0 aromatic carbocycles. The van der Waals surface area contributed by atoms with Gasteiger partial charge in [-0.15, -0.1) is 11.3 Å². The van der Waals surface area contributed by atoms with E-state index in [-0.39, 0.29) is 12.1 Å². The Kier molecular flexibility index (Phi) is 5.33. The summed E-state index contributed by atoms with van der Waals surface area (Å²) in [6, 6.07) is 3.07. The van der Waals surface area contributed by atoms with Crippen LogP contribution in [0.25, 0.3) is 0 Å². The molecule has 1 amide bonds. The molecule has 1 heterocycles. The Labute approximate surface area is 138 Å². The highest BCUT2D eigenvalue weighted by molar-refractivity contribution is 9.10. The summed E-state index contributed by atoms with van der Waals surface area (Å²) in [6.45, 7) is 7.79. The Hall–Kier alpha value is -0.590. The molecule has 1 aromatic rings. The van der Waals surface area contributed by atoms with Crippen LogP contribution in [-0.2, 0) is 4.74 Å². The van der Waals surface area contributed by atoms with Crippen LogP contribution < -0.4 is 10.6 Å². The monoisotopic (exact) mass is 374 g/mol. The van der Waals surface area contributed by atoms with Crippen LogP contribution >= 0.6 is 27.3 Å². The van der Waals surface area contributed by atoms with Crippen molar-refractivity contribution in [3.63, 3.8) is 0 Å². The summed E-state index contributed by atoms with van der Waals surface area (Å²) in [5.41, 5.74) is -0.439. The number of nitrogens with one attached hydrogen (secondary N) is 2. The van der Waals surface area contributed by atoms with Gasteiger partial charge in [-0.25, -0.2) is 4.79 Å². The van der Waals surface area contributed by atoms with Gasteiger partial charge in [-0.2, -0.15) is 0 Å². The van der Waals surface area contributed by atoms with Gasteiger partial charge < -0.3 is 15.4 Å². The molecule has 0 radical (unpaired) electrons. The van der Waals surface area contributed by atoms with Crippen LogP contribution in [0.15, 0.2) is 15.9 Å². The van der Waals surface area contributed by atoms with Crippen LogP contribution in [-0.4, -0.2) is 23.8 Å². The Balaban J connectivity index is 1.70. The lowest BCUT2D eigenvalue weighted by Gasteiger charge is -2.38. The van der Waals surface area contributed by atoms with Gasteiger partial charge in [-0.1, -0.05) is 0 Å². The summed E-state index contributed by atoms with van der Waals surface area (Å²) in [7, 11) is 0. The highest BCUT2D eigenvalue weighted by Gasteiger charge is 2.32. The molecule has 2 N–H and O–H groups in total. The summed E-state index contributed by atoms with van der Waals surface area (Å²) < 4.78 is 6.42. The largest absolute Gasteiger partial charge is 0.444 e. The second-order valence-corrected chi connectivity index (χ2v) is 8.33. The molecule has 4 nitrogen and oxygen atoms in total. The molecule has 0 bridgehead atoms. The van der Waals surface area contributed by atoms with Gasteiger partial charge in [0, 0.05) is 27.5 Å². The molecule has 1 unspecified atom stereocenters. The molecule has 2 rings (SSSR count). The van der Waals surface area contributed by atoms with Crippen LogP contribution in [0, 0.1) is 0 Å². The summed E-state index contributed by atoms with van der Waals surface area (Å²) in [5, 5.41) is 8.60. The average Bonchev–Trinajstić information content (AvgIpc) is 2.69. The summed E-state index contributed by atoms with van der Waals surface area (Å²) in [4.78, 5) is 13.0. The first-order valence-corrected chi connectivity index (χ1v) is 8.90. The van der Waals surface area contributed by atoms with Gasteiger partial charge >= 0.3 is 6.09 Å². The van der Waals surface area contributed by atoms with Crippen molar-refractivity contribution in [2.45, 2.75) is 64.3 Å². The quantitative estimate of drug-likeness (QED) is 0.829. The molecular formula is C15H23BrN2O2S. The molecule has 1 aliphatic carbocycles. The van der Waals surface area contributed by atoms with Gasteiger partial charge in [-0.3, -0.25) is 0 Å². The maximum Gasteiger partial charge on any atom is 0.407 e. The molecule has 0 spiro atoms. The molecule has 21 heavy (non-hydrogen) atoms. The van der Waals surface area contributed by atoms with Gasteiger partial charge in [-0.05, 0) is 67.9 Å². The number of hydrogen-bond donors (Lipinski definition) is 2. The highest BCUT2D eigenvalue weighted by Crippen LogP contribution is 2.31. The molecule has 0 aliphatic heterocycles. The van der Waals surface area contributed by atoms with Crippen molar-refractivity contribution in [1.29, 1.82) is 0 Å². The third kappa shape index (κ3) is 4.97. The van der Waals surface area contributed by atoms with Crippen LogP contribution in [0.4, 0.5) is 4.79 Å². The minimum atomic E-state index is -0.439. The van der Waals surface area contributed by atoms with E-state index in [1.807, 2.05) is 20.8 Å². The zero-order chi connectivity index (χ0) is 15.6. The highest BCUT2D eigenvalue weighted by atomic mass is 79.9. The molecule has 118 valence electrons. The number of ether oxygens (including phenoxy) is 1. The molecule has 0 saturated heterocycles. The van der Waals surface area contributed by atoms with E-state index < -0.39 is 5.60 Å². The molecule has 1 aliphatic rings. The summed E-state index contributed by atoms with van der Waals surface area (Å²) in [6.07, 6.45) is 1.58. The minimum Gasteiger partial charge on any atom is -0.444 e. The summed E-state index contributed by atoms with van der Waals surface area (Å²) in [5.74, 6) is 0. The number of hydrogen-bond acceptors (Lipinski definition) is 4. The van der Waals surface area contributed by atoms with E-state index in [1.165, 1.54) is 4.88 Å². The number of thiophene rings is 1. The van der Waals surface area contributed by atoms with Crippen molar-refractivity contribution < 1.29 is 9.53 Å². The number of alkyl carbamates (subject to hydrolysis) is 1. The second-order valence-electron chi connectivity index (χ2n) is 6.53. The van der Waals surface area contributed by atoms with Crippen LogP contribution in [0.5, 0.6) is 0 Å².